The molecular weight excluding hydrogens is 396 g/mol. The van der Waals surface area contributed by atoms with Gasteiger partial charge in [-0.2, -0.15) is 11.8 Å². The molecule has 1 amide bonds. The van der Waals surface area contributed by atoms with E-state index in [0.29, 0.717) is 13.1 Å². The van der Waals surface area contributed by atoms with Crippen LogP contribution in [0.25, 0.3) is 11.0 Å². The van der Waals surface area contributed by atoms with E-state index in [2.05, 4.69) is 35.4 Å². The maximum atomic E-state index is 13.0. The van der Waals surface area contributed by atoms with Crippen LogP contribution in [0, 0.1) is 0 Å². The first kappa shape index (κ1) is 20.8. The smallest absolute Gasteiger partial charge is 0.242 e. The molecule has 1 aliphatic heterocycles. The summed E-state index contributed by atoms with van der Waals surface area (Å²) in [5.41, 5.74) is 4.29. The van der Waals surface area contributed by atoms with Crippen molar-refractivity contribution in [2.75, 3.05) is 44.5 Å². The fourth-order valence-electron chi connectivity index (χ4n) is 3.79. The molecule has 6 nitrogen and oxygen atoms in total. The van der Waals surface area contributed by atoms with Gasteiger partial charge < -0.3 is 19.1 Å². The first-order valence-corrected chi connectivity index (χ1v) is 11.6. The lowest BCUT2D eigenvalue weighted by atomic mass is 10.1. The van der Waals surface area contributed by atoms with Gasteiger partial charge in [0.15, 0.2) is 0 Å². The van der Waals surface area contributed by atoms with Crippen LogP contribution in [-0.2, 0) is 28.4 Å². The molecule has 1 fully saturated rings. The molecule has 0 aliphatic carbocycles. The second kappa shape index (κ2) is 9.53. The number of aromatic nitrogens is 2. The molecule has 1 aliphatic rings. The maximum absolute atomic E-state index is 13.0. The fourth-order valence-corrected chi connectivity index (χ4v) is 4.27. The summed E-state index contributed by atoms with van der Waals surface area (Å²) in [6.07, 6.45) is 2.05. The van der Waals surface area contributed by atoms with Crippen molar-refractivity contribution in [3.63, 3.8) is 0 Å². The molecule has 0 saturated carbocycles. The van der Waals surface area contributed by atoms with Crippen LogP contribution < -0.4 is 4.90 Å². The number of carbonyl (C=O) groups excluding carboxylic acids is 1. The molecule has 158 valence electrons. The van der Waals surface area contributed by atoms with E-state index in [4.69, 9.17) is 9.72 Å². The van der Waals surface area contributed by atoms with E-state index in [9.17, 15) is 4.79 Å². The number of ether oxygens (including phenoxy) is 1. The zero-order chi connectivity index (χ0) is 20.9. The van der Waals surface area contributed by atoms with Gasteiger partial charge >= 0.3 is 0 Å². The molecule has 30 heavy (non-hydrogen) atoms. The van der Waals surface area contributed by atoms with Crippen LogP contribution in [0.2, 0.25) is 0 Å². The molecule has 1 saturated heterocycles. The van der Waals surface area contributed by atoms with Crippen LogP contribution in [0.4, 0.5) is 5.69 Å². The van der Waals surface area contributed by atoms with Gasteiger partial charge in [-0.15, -0.1) is 0 Å². The van der Waals surface area contributed by atoms with Crippen molar-refractivity contribution in [2.24, 2.45) is 0 Å². The maximum Gasteiger partial charge on any atom is 0.242 e. The van der Waals surface area contributed by atoms with Crippen molar-refractivity contribution in [1.82, 2.24) is 14.5 Å². The van der Waals surface area contributed by atoms with Crippen LogP contribution in [0.3, 0.4) is 0 Å². The lowest BCUT2D eigenvalue weighted by Crippen LogP contribution is -2.36. The third kappa shape index (κ3) is 4.63. The molecule has 3 aromatic rings. The highest BCUT2D eigenvalue weighted by atomic mass is 32.2. The number of amides is 1. The normalized spacial score (nSPS) is 14.3. The summed E-state index contributed by atoms with van der Waals surface area (Å²) in [5.74, 6) is 1.81. The Hall–Kier alpha value is -2.51. The predicted octanol–water partition coefficient (Wildman–Crippen LogP) is 3.39. The van der Waals surface area contributed by atoms with Crippen LogP contribution in [-0.4, -0.2) is 60.0 Å². The monoisotopic (exact) mass is 424 g/mol. The fraction of sp³-hybridized carbons (Fsp3) is 0.391. The number of likely N-dealkylation sites (N-methyl/N-ethyl adjacent to an activating group) is 1. The van der Waals surface area contributed by atoms with Crippen LogP contribution in [0.1, 0.15) is 11.4 Å². The highest BCUT2D eigenvalue weighted by Gasteiger charge is 2.16. The molecule has 0 unspecified atom stereocenters. The number of thioether (sulfide) groups is 1. The predicted molar refractivity (Wildman–Crippen MR) is 123 cm³/mol. The first-order valence-electron chi connectivity index (χ1n) is 10.2. The Morgan fingerprint density at radius 3 is 2.60 bits per heavy atom. The number of fused-ring (bicyclic) bond motifs is 1. The van der Waals surface area contributed by atoms with Crippen LogP contribution in [0.15, 0.2) is 48.5 Å². The van der Waals surface area contributed by atoms with Crippen molar-refractivity contribution in [3.8, 4) is 0 Å². The number of morpholine rings is 1. The Balaban J connectivity index is 1.43. The second-order valence-corrected chi connectivity index (χ2v) is 8.42. The van der Waals surface area contributed by atoms with Crippen molar-refractivity contribution in [3.05, 3.63) is 59.9 Å². The Morgan fingerprint density at radius 1 is 1.13 bits per heavy atom. The summed E-state index contributed by atoms with van der Waals surface area (Å²) < 4.78 is 7.47. The van der Waals surface area contributed by atoms with E-state index >= 15 is 0 Å². The summed E-state index contributed by atoms with van der Waals surface area (Å²) >= 11 is 1.72. The average Bonchev–Trinajstić information content (AvgIpc) is 3.12. The number of benzene rings is 2. The van der Waals surface area contributed by atoms with Gasteiger partial charge in [0.2, 0.25) is 5.91 Å². The Bertz CT molecular complexity index is 996. The Kier molecular flexibility index (Phi) is 6.59. The minimum absolute atomic E-state index is 0.0813. The molecule has 2 heterocycles. The summed E-state index contributed by atoms with van der Waals surface area (Å²) in [6, 6.07) is 16.5. The Morgan fingerprint density at radius 2 is 1.87 bits per heavy atom. The van der Waals surface area contributed by atoms with E-state index in [0.717, 1.165) is 54.5 Å². The number of carbonyl (C=O) groups is 1. The highest BCUT2D eigenvalue weighted by Crippen LogP contribution is 2.20. The molecule has 0 N–H and O–H groups in total. The number of hydrogen-bond acceptors (Lipinski definition) is 5. The van der Waals surface area contributed by atoms with E-state index in [1.807, 2.05) is 35.9 Å². The van der Waals surface area contributed by atoms with E-state index in [-0.39, 0.29) is 5.91 Å². The van der Waals surface area contributed by atoms with E-state index < -0.39 is 0 Å². The molecule has 0 bridgehead atoms. The number of nitrogens with zero attached hydrogens (tertiary/aromatic N) is 4. The van der Waals surface area contributed by atoms with Gasteiger partial charge in [-0.3, -0.25) is 4.79 Å². The van der Waals surface area contributed by atoms with Crippen molar-refractivity contribution < 1.29 is 9.53 Å². The molecule has 2 aromatic carbocycles. The summed E-state index contributed by atoms with van der Waals surface area (Å²) in [7, 11) is 1.87. The minimum atomic E-state index is 0.0813. The summed E-state index contributed by atoms with van der Waals surface area (Å²) in [4.78, 5) is 21.8. The number of imidazole rings is 1. The third-order valence-corrected chi connectivity index (χ3v) is 6.01. The average molecular weight is 425 g/mol. The minimum Gasteiger partial charge on any atom is -0.378 e. The molecule has 1 aromatic heterocycles. The number of hydrogen-bond donors (Lipinski definition) is 0. The molecule has 4 rings (SSSR count). The SMILES string of the molecule is CSCc1nc2ccccc2n1CC(=O)N(C)Cc1ccc(N2CCOCC2)cc1. The lowest BCUT2D eigenvalue weighted by Gasteiger charge is -2.29. The zero-order valence-electron chi connectivity index (χ0n) is 17.6. The molecule has 0 spiro atoms. The number of rotatable bonds is 7. The zero-order valence-corrected chi connectivity index (χ0v) is 18.4. The lowest BCUT2D eigenvalue weighted by molar-refractivity contribution is -0.131. The topological polar surface area (TPSA) is 50.6 Å². The summed E-state index contributed by atoms with van der Waals surface area (Å²) in [6.45, 7) is 4.30. The molecule has 0 radical (unpaired) electrons. The third-order valence-electron chi connectivity index (χ3n) is 5.46. The van der Waals surface area contributed by atoms with Gasteiger partial charge in [0.1, 0.15) is 12.4 Å². The van der Waals surface area contributed by atoms with Gasteiger partial charge in [-0.25, -0.2) is 4.98 Å². The highest BCUT2D eigenvalue weighted by molar-refractivity contribution is 7.97. The van der Waals surface area contributed by atoms with Crippen LogP contribution in [0.5, 0.6) is 0 Å². The van der Waals surface area contributed by atoms with Crippen molar-refractivity contribution in [2.45, 2.75) is 18.8 Å². The molecule has 0 atom stereocenters. The van der Waals surface area contributed by atoms with Gasteiger partial charge in [-0.05, 0) is 36.1 Å². The van der Waals surface area contributed by atoms with Crippen molar-refractivity contribution >= 4 is 34.4 Å². The van der Waals surface area contributed by atoms with E-state index in [1.165, 1.54) is 5.69 Å². The standard InChI is InChI=1S/C23H28N4O2S/c1-25(15-18-7-9-19(10-8-18)26-11-13-29-14-12-26)23(28)16-27-21-6-4-3-5-20(21)24-22(27)17-30-2/h3-10H,11-17H2,1-2H3. The second-order valence-electron chi connectivity index (χ2n) is 7.55. The molecular formula is C23H28N4O2S. The summed E-state index contributed by atoms with van der Waals surface area (Å²) in [5, 5.41) is 0. The largest absolute Gasteiger partial charge is 0.378 e. The van der Waals surface area contributed by atoms with Gasteiger partial charge in [0.05, 0.1) is 30.0 Å². The van der Waals surface area contributed by atoms with Crippen LogP contribution >= 0.6 is 11.8 Å². The van der Waals surface area contributed by atoms with Crippen molar-refractivity contribution in [1.29, 1.82) is 0 Å². The quantitative estimate of drug-likeness (QED) is 0.582. The van der Waals surface area contributed by atoms with Gasteiger partial charge in [0.25, 0.3) is 0 Å². The van der Waals surface area contributed by atoms with Gasteiger partial charge in [-0.1, -0.05) is 24.3 Å². The van der Waals surface area contributed by atoms with E-state index in [1.54, 1.807) is 16.7 Å². The Labute approximate surface area is 181 Å². The number of para-hydroxylation sites is 2. The van der Waals surface area contributed by atoms with Gasteiger partial charge in [0, 0.05) is 32.4 Å². The molecule has 7 heteroatoms. The first-order chi connectivity index (χ1) is 14.7. The number of anilines is 1.